The molecule has 98 valence electrons. The van der Waals surface area contributed by atoms with Crippen molar-refractivity contribution in [3.05, 3.63) is 58.7 Å². The van der Waals surface area contributed by atoms with Gasteiger partial charge in [0.2, 0.25) is 0 Å². The Balaban J connectivity index is 1.97. The van der Waals surface area contributed by atoms with E-state index < -0.39 is 5.97 Å². The minimum atomic E-state index is -1.06. The molecule has 0 radical (unpaired) electrons. The molecule has 0 aliphatic carbocycles. The number of hydrogen-bond donors (Lipinski definition) is 2. The summed E-state index contributed by atoms with van der Waals surface area (Å²) in [5, 5.41) is 12.2. The lowest BCUT2D eigenvalue weighted by Gasteiger charge is -2.07. The number of aromatic carboxylic acids is 1. The van der Waals surface area contributed by atoms with Gasteiger partial charge in [-0.1, -0.05) is 41.9 Å². The van der Waals surface area contributed by atoms with Gasteiger partial charge in [0.25, 0.3) is 0 Å². The van der Waals surface area contributed by atoms with Crippen LogP contribution in [0.3, 0.4) is 0 Å². The molecular weight excluding hydrogens is 264 g/mol. The topological polar surface area (TPSA) is 62.2 Å². The maximum atomic E-state index is 10.9. The Hall–Kier alpha value is -2.07. The van der Waals surface area contributed by atoms with Gasteiger partial charge in [0.05, 0.1) is 10.6 Å². The molecule has 0 saturated carbocycles. The molecular formula is C14H13ClN2O2. The number of carbonyl (C=O) groups is 1. The van der Waals surface area contributed by atoms with E-state index in [-0.39, 0.29) is 10.6 Å². The summed E-state index contributed by atoms with van der Waals surface area (Å²) in [7, 11) is 0. The molecule has 2 N–H and O–H groups in total. The number of anilines is 1. The fraction of sp³-hybridized carbons (Fsp3) is 0.143. The molecule has 2 rings (SSSR count). The molecule has 1 aromatic heterocycles. The molecule has 19 heavy (non-hydrogen) atoms. The standard InChI is InChI=1S/C14H13ClN2O2/c15-12-9-17-13(8-11(12)14(18)19)16-7-6-10-4-2-1-3-5-10/h1-5,8-9H,6-7H2,(H,16,17)(H,18,19). The van der Waals surface area contributed by atoms with Crippen LogP contribution in [0, 0.1) is 0 Å². The second-order valence-corrected chi connectivity index (χ2v) is 4.42. The predicted molar refractivity (Wildman–Crippen MR) is 74.8 cm³/mol. The van der Waals surface area contributed by atoms with Crippen LogP contribution in [0.2, 0.25) is 5.02 Å². The van der Waals surface area contributed by atoms with Crippen molar-refractivity contribution >= 4 is 23.4 Å². The maximum absolute atomic E-state index is 10.9. The molecule has 1 heterocycles. The molecule has 0 atom stereocenters. The van der Waals surface area contributed by atoms with Crippen LogP contribution >= 0.6 is 11.6 Å². The van der Waals surface area contributed by atoms with Gasteiger partial charge in [0, 0.05) is 12.7 Å². The van der Waals surface area contributed by atoms with Crippen LogP contribution in [0.4, 0.5) is 5.82 Å². The summed E-state index contributed by atoms with van der Waals surface area (Å²) in [4.78, 5) is 15.0. The third kappa shape index (κ3) is 3.69. The van der Waals surface area contributed by atoms with Crippen LogP contribution in [-0.2, 0) is 6.42 Å². The molecule has 0 bridgehead atoms. The van der Waals surface area contributed by atoms with E-state index in [1.165, 1.54) is 17.8 Å². The molecule has 0 aliphatic rings. The van der Waals surface area contributed by atoms with Crippen molar-refractivity contribution in [2.24, 2.45) is 0 Å². The zero-order chi connectivity index (χ0) is 13.7. The molecule has 1 aromatic carbocycles. The van der Waals surface area contributed by atoms with Gasteiger partial charge in [-0.2, -0.15) is 0 Å². The van der Waals surface area contributed by atoms with E-state index in [1.54, 1.807) is 0 Å². The second-order valence-electron chi connectivity index (χ2n) is 4.02. The van der Waals surface area contributed by atoms with E-state index in [9.17, 15) is 4.79 Å². The Kier molecular flexibility index (Phi) is 4.36. The van der Waals surface area contributed by atoms with Gasteiger partial charge in [0.1, 0.15) is 5.82 Å². The number of pyridine rings is 1. The van der Waals surface area contributed by atoms with Gasteiger partial charge in [0.15, 0.2) is 0 Å². The number of carboxylic acid groups (broad SMARTS) is 1. The molecule has 0 unspecified atom stereocenters. The van der Waals surface area contributed by atoms with Crippen LogP contribution in [0.1, 0.15) is 15.9 Å². The van der Waals surface area contributed by atoms with Gasteiger partial charge in [-0.15, -0.1) is 0 Å². The molecule has 0 saturated heterocycles. The normalized spacial score (nSPS) is 10.2. The highest BCUT2D eigenvalue weighted by molar-refractivity contribution is 6.33. The van der Waals surface area contributed by atoms with Gasteiger partial charge in [-0.25, -0.2) is 9.78 Å². The first kappa shape index (κ1) is 13.4. The second kappa shape index (κ2) is 6.20. The highest BCUT2D eigenvalue weighted by Crippen LogP contribution is 2.17. The van der Waals surface area contributed by atoms with Crippen molar-refractivity contribution in [1.82, 2.24) is 4.98 Å². The summed E-state index contributed by atoms with van der Waals surface area (Å²) in [6.45, 7) is 0.678. The minimum Gasteiger partial charge on any atom is -0.478 e. The van der Waals surface area contributed by atoms with Gasteiger partial charge in [-0.05, 0) is 18.1 Å². The predicted octanol–water partition coefficient (Wildman–Crippen LogP) is 3.09. The number of aromatic nitrogens is 1. The minimum absolute atomic E-state index is 0.0545. The number of nitrogens with zero attached hydrogens (tertiary/aromatic N) is 1. The molecule has 0 amide bonds. The van der Waals surface area contributed by atoms with Crippen LogP contribution in [-0.4, -0.2) is 22.6 Å². The summed E-state index contributed by atoms with van der Waals surface area (Å²) in [6.07, 6.45) is 2.18. The average molecular weight is 277 g/mol. The fourth-order valence-corrected chi connectivity index (χ4v) is 1.86. The number of nitrogens with one attached hydrogen (secondary N) is 1. The lowest BCUT2D eigenvalue weighted by molar-refractivity contribution is 0.0697. The van der Waals surface area contributed by atoms with Crippen LogP contribution < -0.4 is 5.32 Å². The van der Waals surface area contributed by atoms with Crippen molar-refractivity contribution in [2.75, 3.05) is 11.9 Å². The molecule has 5 heteroatoms. The van der Waals surface area contributed by atoms with E-state index in [2.05, 4.69) is 10.3 Å². The Labute approximate surface area is 116 Å². The van der Waals surface area contributed by atoms with Crippen LogP contribution in [0.5, 0.6) is 0 Å². The molecule has 0 spiro atoms. The summed E-state index contributed by atoms with van der Waals surface area (Å²) >= 11 is 5.75. The SMILES string of the molecule is O=C(O)c1cc(NCCc2ccccc2)ncc1Cl. The molecule has 0 fully saturated rings. The summed E-state index contributed by atoms with van der Waals surface area (Å²) < 4.78 is 0. The quantitative estimate of drug-likeness (QED) is 0.881. The highest BCUT2D eigenvalue weighted by atomic mass is 35.5. The summed E-state index contributed by atoms with van der Waals surface area (Å²) in [5.41, 5.74) is 1.27. The monoisotopic (exact) mass is 276 g/mol. The van der Waals surface area contributed by atoms with E-state index in [0.717, 1.165) is 6.42 Å². The van der Waals surface area contributed by atoms with E-state index in [0.29, 0.717) is 12.4 Å². The number of halogens is 1. The Bertz CT molecular complexity index is 573. The van der Waals surface area contributed by atoms with E-state index >= 15 is 0 Å². The van der Waals surface area contributed by atoms with E-state index in [4.69, 9.17) is 16.7 Å². The maximum Gasteiger partial charge on any atom is 0.337 e. The first-order valence-corrected chi connectivity index (χ1v) is 6.21. The van der Waals surface area contributed by atoms with Gasteiger partial charge >= 0.3 is 5.97 Å². The fourth-order valence-electron chi connectivity index (χ4n) is 1.68. The zero-order valence-electron chi connectivity index (χ0n) is 10.1. The lowest BCUT2D eigenvalue weighted by Crippen LogP contribution is -2.08. The van der Waals surface area contributed by atoms with Crippen LogP contribution in [0.15, 0.2) is 42.6 Å². The third-order valence-corrected chi connectivity index (χ3v) is 2.95. The Morgan fingerprint density at radius 2 is 2.05 bits per heavy atom. The zero-order valence-corrected chi connectivity index (χ0v) is 10.9. The van der Waals surface area contributed by atoms with Crippen LogP contribution in [0.25, 0.3) is 0 Å². The average Bonchev–Trinajstić information content (AvgIpc) is 2.41. The number of hydrogen-bond acceptors (Lipinski definition) is 3. The smallest absolute Gasteiger partial charge is 0.337 e. The van der Waals surface area contributed by atoms with Gasteiger partial charge in [-0.3, -0.25) is 0 Å². The van der Waals surface area contributed by atoms with E-state index in [1.807, 2.05) is 30.3 Å². The van der Waals surface area contributed by atoms with Crippen molar-refractivity contribution in [1.29, 1.82) is 0 Å². The first-order chi connectivity index (χ1) is 9.16. The van der Waals surface area contributed by atoms with Gasteiger partial charge < -0.3 is 10.4 Å². The van der Waals surface area contributed by atoms with Crippen molar-refractivity contribution in [3.63, 3.8) is 0 Å². The first-order valence-electron chi connectivity index (χ1n) is 5.83. The van der Waals surface area contributed by atoms with Crippen molar-refractivity contribution < 1.29 is 9.90 Å². The Morgan fingerprint density at radius 3 is 2.74 bits per heavy atom. The van der Waals surface area contributed by atoms with Crippen molar-refractivity contribution in [3.8, 4) is 0 Å². The molecule has 0 aliphatic heterocycles. The Morgan fingerprint density at radius 1 is 1.32 bits per heavy atom. The highest BCUT2D eigenvalue weighted by Gasteiger charge is 2.09. The molecule has 4 nitrogen and oxygen atoms in total. The summed E-state index contributed by atoms with van der Waals surface area (Å²) in [6, 6.07) is 11.5. The largest absolute Gasteiger partial charge is 0.478 e. The number of carboxylic acids is 1. The van der Waals surface area contributed by atoms with Crippen molar-refractivity contribution in [2.45, 2.75) is 6.42 Å². The molecule has 2 aromatic rings. The number of rotatable bonds is 5. The summed E-state index contributed by atoms with van der Waals surface area (Å²) in [5.74, 6) is -0.545. The lowest BCUT2D eigenvalue weighted by atomic mass is 10.1. The third-order valence-electron chi connectivity index (χ3n) is 2.65. The number of benzene rings is 1.